The van der Waals surface area contributed by atoms with Gasteiger partial charge in [-0.1, -0.05) is 129 Å². The Labute approximate surface area is 286 Å². The van der Waals surface area contributed by atoms with Gasteiger partial charge in [-0.2, -0.15) is 0 Å². The second-order valence-electron chi connectivity index (χ2n) is 12.5. The molecular weight excluding hydrogens is 595 g/mol. The molecule has 1 unspecified atom stereocenters. The van der Waals surface area contributed by atoms with E-state index in [0.29, 0.717) is 5.92 Å². The lowest BCUT2D eigenvalue weighted by Gasteiger charge is -2.19. The molecule has 1 aliphatic rings. The van der Waals surface area contributed by atoms with Crippen molar-refractivity contribution in [1.82, 2.24) is 13.7 Å². The lowest BCUT2D eigenvalue weighted by atomic mass is 9.91. The van der Waals surface area contributed by atoms with Gasteiger partial charge in [-0.25, -0.2) is 0 Å². The highest BCUT2D eigenvalue weighted by atomic mass is 15.1. The summed E-state index contributed by atoms with van der Waals surface area (Å²) in [7, 11) is 0. The first kappa shape index (κ1) is 29.1. The monoisotopic (exact) mass is 631 g/mol. The summed E-state index contributed by atoms with van der Waals surface area (Å²) in [5, 5.41) is 5.11. The Balaban J connectivity index is 0.00000160. The number of aromatic nitrogens is 3. The summed E-state index contributed by atoms with van der Waals surface area (Å²) in [4.78, 5) is 0. The molecule has 1 aliphatic carbocycles. The zero-order valence-electron chi connectivity index (χ0n) is 27.8. The third-order valence-corrected chi connectivity index (χ3v) is 9.98. The van der Waals surface area contributed by atoms with E-state index in [9.17, 15) is 0 Å². The molecule has 0 spiro atoms. The van der Waals surface area contributed by atoms with Gasteiger partial charge in [-0.05, 0) is 66.6 Å². The molecule has 0 amide bonds. The molecule has 0 N–H and O–H groups in total. The molecular formula is C46H37N3. The molecule has 236 valence electrons. The van der Waals surface area contributed by atoms with Gasteiger partial charge >= 0.3 is 0 Å². The van der Waals surface area contributed by atoms with Gasteiger partial charge in [0.05, 0.1) is 33.1 Å². The zero-order valence-corrected chi connectivity index (χ0v) is 27.8. The van der Waals surface area contributed by atoms with Crippen molar-refractivity contribution in [2.75, 3.05) is 0 Å². The fourth-order valence-electron chi connectivity index (χ4n) is 7.89. The molecule has 3 heterocycles. The third-order valence-electron chi connectivity index (χ3n) is 9.98. The average Bonchev–Trinajstić information content (AvgIpc) is 3.82. The van der Waals surface area contributed by atoms with Crippen molar-refractivity contribution >= 4 is 60.3 Å². The minimum Gasteiger partial charge on any atom is -0.310 e. The maximum atomic E-state index is 2.45. The molecule has 0 aliphatic heterocycles. The van der Waals surface area contributed by atoms with Crippen molar-refractivity contribution in [2.24, 2.45) is 0 Å². The van der Waals surface area contributed by atoms with Crippen LogP contribution in [0.2, 0.25) is 0 Å². The number of hydrogen-bond donors (Lipinski definition) is 0. The summed E-state index contributed by atoms with van der Waals surface area (Å²) in [5.74, 6) is 0.335. The van der Waals surface area contributed by atoms with Gasteiger partial charge in [0.2, 0.25) is 0 Å². The number of nitrogens with zero attached hydrogens (tertiary/aromatic N) is 3. The molecule has 3 aromatic heterocycles. The first-order valence-electron chi connectivity index (χ1n) is 17.4. The molecule has 3 heteroatoms. The highest BCUT2D eigenvalue weighted by Gasteiger charge is 2.22. The van der Waals surface area contributed by atoms with Gasteiger partial charge in [-0.3, -0.25) is 0 Å². The van der Waals surface area contributed by atoms with E-state index in [1.54, 1.807) is 0 Å². The van der Waals surface area contributed by atoms with Crippen LogP contribution in [0.4, 0.5) is 0 Å². The quantitative estimate of drug-likeness (QED) is 0.184. The smallest absolute Gasteiger partial charge is 0.0803 e. The molecule has 1 atom stereocenters. The van der Waals surface area contributed by atoms with Crippen molar-refractivity contribution in [2.45, 2.75) is 26.2 Å². The van der Waals surface area contributed by atoms with E-state index in [0.717, 1.165) is 6.42 Å². The number of fused-ring (bicyclic) bond motifs is 8. The maximum Gasteiger partial charge on any atom is 0.0803 e. The molecule has 0 bridgehead atoms. The van der Waals surface area contributed by atoms with Crippen LogP contribution in [-0.4, -0.2) is 13.7 Å². The topological polar surface area (TPSA) is 14.8 Å². The normalized spacial score (nSPS) is 14.5. The van der Waals surface area contributed by atoms with E-state index in [4.69, 9.17) is 0 Å². The highest BCUT2D eigenvalue weighted by Crippen LogP contribution is 2.41. The van der Waals surface area contributed by atoms with E-state index in [2.05, 4.69) is 184 Å². The predicted molar refractivity (Wildman–Crippen MR) is 209 cm³/mol. The van der Waals surface area contributed by atoms with Crippen LogP contribution in [0.3, 0.4) is 0 Å². The number of benzene rings is 6. The molecule has 0 saturated carbocycles. The number of hydrogen-bond acceptors (Lipinski definition) is 0. The van der Waals surface area contributed by atoms with Crippen molar-refractivity contribution in [1.29, 1.82) is 0 Å². The van der Waals surface area contributed by atoms with Gasteiger partial charge in [0.1, 0.15) is 0 Å². The molecule has 0 fully saturated rings. The number of rotatable bonds is 4. The Morgan fingerprint density at radius 3 is 1.35 bits per heavy atom. The molecule has 10 rings (SSSR count). The first-order valence-corrected chi connectivity index (χ1v) is 17.4. The Kier molecular flexibility index (Phi) is 7.05. The summed E-state index contributed by atoms with van der Waals surface area (Å²) in [6, 6.07) is 55.0. The molecule has 6 aromatic carbocycles. The highest BCUT2D eigenvalue weighted by molar-refractivity contribution is 6.20. The second-order valence-corrected chi connectivity index (χ2v) is 12.5. The molecule has 3 nitrogen and oxygen atoms in total. The van der Waals surface area contributed by atoms with Crippen molar-refractivity contribution in [3.8, 4) is 11.4 Å². The van der Waals surface area contributed by atoms with Gasteiger partial charge in [-0.15, -0.1) is 0 Å². The van der Waals surface area contributed by atoms with E-state index >= 15 is 0 Å². The van der Waals surface area contributed by atoms with Gasteiger partial charge in [0.15, 0.2) is 0 Å². The fourth-order valence-corrected chi connectivity index (χ4v) is 7.89. The van der Waals surface area contributed by atoms with Crippen molar-refractivity contribution in [3.05, 3.63) is 175 Å². The summed E-state index contributed by atoms with van der Waals surface area (Å²) >= 11 is 0. The Morgan fingerprint density at radius 2 is 0.857 bits per heavy atom. The standard InChI is InChI=1S/C44H31N3.C2H6/c1-2-12-32(13-3-1)46-41-20-10-6-16-37(41)44-43(46)38-17-7-11-21-42(38)47(44)34-28-24-31(25-29-34)30-22-26-33(27-23-30)45-39-18-8-4-14-35(39)36-15-5-9-19-40(36)45;1-2/h1-22,24-30H,23H2;1-2H3. The number of allylic oxidation sites excluding steroid dienone is 4. The Bertz CT molecular complexity index is 2640. The minimum absolute atomic E-state index is 0.335. The summed E-state index contributed by atoms with van der Waals surface area (Å²) in [6.45, 7) is 4.00. The van der Waals surface area contributed by atoms with Crippen LogP contribution in [-0.2, 0) is 0 Å². The maximum absolute atomic E-state index is 2.45. The largest absolute Gasteiger partial charge is 0.310 e. The van der Waals surface area contributed by atoms with Crippen LogP contribution < -0.4 is 0 Å². The van der Waals surface area contributed by atoms with Crippen molar-refractivity contribution in [3.63, 3.8) is 0 Å². The zero-order chi connectivity index (χ0) is 32.9. The SMILES string of the molecule is C1=CC(c2ccc(-n3c4ccccc4c4c3c3ccccc3n4-c3ccccc3)cc2)CC=C1n1c2ccccc2c2ccccc21.CC. The predicted octanol–water partition coefficient (Wildman–Crippen LogP) is 12.4. The minimum atomic E-state index is 0.335. The summed E-state index contributed by atoms with van der Waals surface area (Å²) in [5.41, 5.74) is 12.4. The number of para-hydroxylation sites is 5. The molecule has 49 heavy (non-hydrogen) atoms. The van der Waals surface area contributed by atoms with Gasteiger partial charge in [0.25, 0.3) is 0 Å². The Morgan fingerprint density at radius 1 is 0.429 bits per heavy atom. The van der Waals surface area contributed by atoms with Crippen LogP contribution in [0.1, 0.15) is 31.7 Å². The van der Waals surface area contributed by atoms with Crippen LogP contribution in [0.15, 0.2) is 170 Å². The third kappa shape index (κ3) is 4.50. The van der Waals surface area contributed by atoms with E-state index < -0.39 is 0 Å². The van der Waals surface area contributed by atoms with Crippen molar-refractivity contribution < 1.29 is 0 Å². The summed E-state index contributed by atoms with van der Waals surface area (Å²) < 4.78 is 7.29. The van der Waals surface area contributed by atoms with Crippen LogP contribution in [0.5, 0.6) is 0 Å². The lowest BCUT2D eigenvalue weighted by molar-refractivity contribution is 0.849. The molecule has 0 saturated heterocycles. The fraction of sp³-hybridized carbons (Fsp3) is 0.0870. The van der Waals surface area contributed by atoms with Crippen LogP contribution in [0, 0.1) is 0 Å². The first-order chi connectivity index (χ1) is 24.3. The second kappa shape index (κ2) is 11.9. The van der Waals surface area contributed by atoms with Crippen LogP contribution >= 0.6 is 0 Å². The molecule has 0 radical (unpaired) electrons. The van der Waals surface area contributed by atoms with Gasteiger partial charge < -0.3 is 13.7 Å². The Hall–Kier alpha value is -6.06. The van der Waals surface area contributed by atoms with E-state index in [1.165, 1.54) is 77.3 Å². The molecule has 9 aromatic rings. The summed E-state index contributed by atoms with van der Waals surface area (Å²) in [6.07, 6.45) is 8.05. The van der Waals surface area contributed by atoms with Crippen LogP contribution in [0.25, 0.3) is 71.7 Å². The van der Waals surface area contributed by atoms with E-state index in [-0.39, 0.29) is 0 Å². The average molecular weight is 632 g/mol. The lowest BCUT2D eigenvalue weighted by Crippen LogP contribution is -2.03. The van der Waals surface area contributed by atoms with Gasteiger partial charge in [0, 0.05) is 44.5 Å². The van der Waals surface area contributed by atoms with E-state index in [1.807, 2.05) is 13.8 Å².